The number of aryl methyl sites for hydroxylation is 4. The second kappa shape index (κ2) is 6.41. The third-order valence-electron chi connectivity index (χ3n) is 4.67. The largest absolute Gasteiger partial charge is 0.333 e. The fraction of sp³-hybridized carbons (Fsp3) is 0.286. The summed E-state index contributed by atoms with van der Waals surface area (Å²) < 4.78 is 2.19. The lowest BCUT2D eigenvalue weighted by atomic mass is 9.99. The quantitative estimate of drug-likeness (QED) is 0.680. The van der Waals surface area contributed by atoms with Crippen LogP contribution in [0.25, 0.3) is 0 Å². The van der Waals surface area contributed by atoms with Crippen molar-refractivity contribution in [2.24, 2.45) is 0 Å². The topological polar surface area (TPSA) is 17.8 Å². The molecule has 1 heterocycles. The molecule has 0 fully saturated rings. The van der Waals surface area contributed by atoms with Gasteiger partial charge in [0.1, 0.15) is 0 Å². The number of hydrogen-bond acceptors (Lipinski definition) is 1. The van der Waals surface area contributed by atoms with Crippen LogP contribution >= 0.6 is 0 Å². The lowest BCUT2D eigenvalue weighted by Crippen LogP contribution is -2.01. The predicted octanol–water partition coefficient (Wildman–Crippen LogP) is 4.76. The standard InChI is InChI=1S/C21H24N2/c1-15-7-5-8-16(2)20(15)11-19-12-23(14-22-19)13-21-17(3)9-6-10-18(21)4/h5-10,12,14H,11,13H2,1-4H3. The fourth-order valence-electron chi connectivity index (χ4n) is 3.17. The zero-order valence-corrected chi connectivity index (χ0v) is 14.4. The molecule has 0 spiro atoms. The SMILES string of the molecule is Cc1cccc(C)c1Cc1cn(Cc2c(C)cccc2C)cn1. The second-order valence-electron chi connectivity index (χ2n) is 6.45. The summed E-state index contributed by atoms with van der Waals surface area (Å²) in [6.07, 6.45) is 5.03. The molecule has 2 nitrogen and oxygen atoms in total. The summed E-state index contributed by atoms with van der Waals surface area (Å²) in [4.78, 5) is 4.61. The molecule has 23 heavy (non-hydrogen) atoms. The lowest BCUT2D eigenvalue weighted by Gasteiger charge is -2.10. The minimum Gasteiger partial charge on any atom is -0.333 e. The highest BCUT2D eigenvalue weighted by Crippen LogP contribution is 2.18. The van der Waals surface area contributed by atoms with Gasteiger partial charge in [-0.3, -0.25) is 0 Å². The van der Waals surface area contributed by atoms with Crippen molar-refractivity contribution in [3.63, 3.8) is 0 Å². The maximum absolute atomic E-state index is 4.61. The maximum atomic E-state index is 4.61. The van der Waals surface area contributed by atoms with E-state index in [1.807, 2.05) is 6.33 Å². The zero-order valence-electron chi connectivity index (χ0n) is 14.4. The van der Waals surface area contributed by atoms with Crippen LogP contribution in [0.3, 0.4) is 0 Å². The molecular weight excluding hydrogens is 280 g/mol. The minimum absolute atomic E-state index is 0.887. The summed E-state index contributed by atoms with van der Waals surface area (Å²) in [6, 6.07) is 12.9. The maximum Gasteiger partial charge on any atom is 0.0952 e. The highest BCUT2D eigenvalue weighted by Gasteiger charge is 2.08. The van der Waals surface area contributed by atoms with Gasteiger partial charge >= 0.3 is 0 Å². The first-order valence-corrected chi connectivity index (χ1v) is 8.15. The molecule has 0 radical (unpaired) electrons. The van der Waals surface area contributed by atoms with Crippen LogP contribution in [0, 0.1) is 27.7 Å². The van der Waals surface area contributed by atoms with Crippen molar-refractivity contribution in [2.75, 3.05) is 0 Å². The summed E-state index contributed by atoms with van der Waals surface area (Å²) in [6.45, 7) is 9.60. The molecule has 0 N–H and O–H groups in total. The monoisotopic (exact) mass is 304 g/mol. The van der Waals surface area contributed by atoms with E-state index in [1.165, 1.54) is 33.4 Å². The molecule has 0 atom stereocenters. The van der Waals surface area contributed by atoms with Crippen LogP contribution in [0.2, 0.25) is 0 Å². The first-order chi connectivity index (χ1) is 11.0. The van der Waals surface area contributed by atoms with E-state index in [-0.39, 0.29) is 0 Å². The Labute approximate surface area is 138 Å². The number of rotatable bonds is 4. The summed E-state index contributed by atoms with van der Waals surface area (Å²) in [5, 5.41) is 0. The number of imidazole rings is 1. The normalized spacial score (nSPS) is 11.0. The van der Waals surface area contributed by atoms with Crippen LogP contribution in [0.15, 0.2) is 48.9 Å². The van der Waals surface area contributed by atoms with Gasteiger partial charge in [0.25, 0.3) is 0 Å². The van der Waals surface area contributed by atoms with Gasteiger partial charge in [0.05, 0.1) is 12.0 Å². The van der Waals surface area contributed by atoms with E-state index in [0.29, 0.717) is 0 Å². The molecular formula is C21H24N2. The Hall–Kier alpha value is -2.35. The smallest absolute Gasteiger partial charge is 0.0952 e. The van der Waals surface area contributed by atoms with Gasteiger partial charge in [-0.2, -0.15) is 0 Å². The molecule has 0 bridgehead atoms. The number of aromatic nitrogens is 2. The van der Waals surface area contributed by atoms with E-state index < -0.39 is 0 Å². The van der Waals surface area contributed by atoms with Crippen molar-refractivity contribution >= 4 is 0 Å². The highest BCUT2D eigenvalue weighted by molar-refractivity contribution is 5.36. The van der Waals surface area contributed by atoms with Crippen LogP contribution in [-0.2, 0) is 13.0 Å². The Kier molecular flexibility index (Phi) is 4.33. The van der Waals surface area contributed by atoms with E-state index in [1.54, 1.807) is 0 Å². The van der Waals surface area contributed by atoms with Crippen molar-refractivity contribution in [1.29, 1.82) is 0 Å². The van der Waals surface area contributed by atoms with Gasteiger partial charge in [-0.1, -0.05) is 36.4 Å². The van der Waals surface area contributed by atoms with Gasteiger partial charge in [-0.15, -0.1) is 0 Å². The first kappa shape index (κ1) is 15.5. The molecule has 0 aliphatic rings. The average molecular weight is 304 g/mol. The summed E-state index contributed by atoms with van der Waals surface area (Å²) in [5.74, 6) is 0. The Bertz CT molecular complexity index is 719. The van der Waals surface area contributed by atoms with Crippen LogP contribution < -0.4 is 0 Å². The highest BCUT2D eigenvalue weighted by atomic mass is 15.0. The van der Waals surface area contributed by atoms with Crippen LogP contribution in [0.1, 0.15) is 39.1 Å². The van der Waals surface area contributed by atoms with E-state index in [9.17, 15) is 0 Å². The average Bonchev–Trinajstić information content (AvgIpc) is 2.95. The molecule has 3 aromatic rings. The van der Waals surface area contributed by atoms with Gasteiger partial charge in [0.2, 0.25) is 0 Å². The van der Waals surface area contributed by atoms with Crippen molar-refractivity contribution in [3.8, 4) is 0 Å². The Balaban J connectivity index is 1.81. The molecule has 0 aliphatic heterocycles. The van der Waals surface area contributed by atoms with Crippen molar-refractivity contribution in [3.05, 3.63) is 88.0 Å². The summed E-state index contributed by atoms with van der Waals surface area (Å²) in [5.41, 5.74) is 9.29. The van der Waals surface area contributed by atoms with Crippen LogP contribution in [0.5, 0.6) is 0 Å². The lowest BCUT2D eigenvalue weighted by molar-refractivity contribution is 0.786. The van der Waals surface area contributed by atoms with Gasteiger partial charge < -0.3 is 4.57 Å². The Morgan fingerprint density at radius 2 is 1.30 bits per heavy atom. The predicted molar refractivity (Wildman–Crippen MR) is 96.0 cm³/mol. The van der Waals surface area contributed by atoms with Gasteiger partial charge in [-0.05, 0) is 61.1 Å². The van der Waals surface area contributed by atoms with E-state index in [2.05, 4.69) is 79.8 Å². The molecule has 1 aromatic heterocycles. The van der Waals surface area contributed by atoms with Gasteiger partial charge in [0, 0.05) is 19.2 Å². The zero-order chi connectivity index (χ0) is 16.4. The third-order valence-corrected chi connectivity index (χ3v) is 4.67. The number of benzene rings is 2. The number of nitrogens with zero attached hydrogens (tertiary/aromatic N) is 2. The van der Waals surface area contributed by atoms with Crippen molar-refractivity contribution < 1.29 is 0 Å². The van der Waals surface area contributed by atoms with Crippen molar-refractivity contribution in [1.82, 2.24) is 9.55 Å². The van der Waals surface area contributed by atoms with Gasteiger partial charge in [0.15, 0.2) is 0 Å². The molecule has 0 amide bonds. The van der Waals surface area contributed by atoms with Crippen LogP contribution in [-0.4, -0.2) is 9.55 Å². The number of hydrogen-bond donors (Lipinski definition) is 0. The Morgan fingerprint density at radius 1 is 0.783 bits per heavy atom. The van der Waals surface area contributed by atoms with Crippen LogP contribution in [0.4, 0.5) is 0 Å². The third kappa shape index (κ3) is 3.37. The summed E-state index contributed by atoms with van der Waals surface area (Å²) >= 11 is 0. The second-order valence-corrected chi connectivity index (χ2v) is 6.45. The minimum atomic E-state index is 0.887. The molecule has 0 unspecified atom stereocenters. The molecule has 118 valence electrons. The summed E-state index contributed by atoms with van der Waals surface area (Å²) in [7, 11) is 0. The first-order valence-electron chi connectivity index (χ1n) is 8.15. The van der Waals surface area contributed by atoms with Gasteiger partial charge in [-0.25, -0.2) is 4.98 Å². The molecule has 2 heteroatoms. The van der Waals surface area contributed by atoms with E-state index >= 15 is 0 Å². The molecule has 0 aliphatic carbocycles. The van der Waals surface area contributed by atoms with E-state index in [0.717, 1.165) is 18.7 Å². The Morgan fingerprint density at radius 3 is 1.87 bits per heavy atom. The van der Waals surface area contributed by atoms with E-state index in [4.69, 9.17) is 0 Å². The molecule has 2 aromatic carbocycles. The van der Waals surface area contributed by atoms with Crippen molar-refractivity contribution in [2.45, 2.75) is 40.7 Å². The molecule has 0 saturated carbocycles. The fourth-order valence-corrected chi connectivity index (χ4v) is 3.17. The molecule has 3 rings (SSSR count). The molecule has 0 saturated heterocycles.